The van der Waals surface area contributed by atoms with Gasteiger partial charge in [-0.25, -0.2) is 0 Å². The van der Waals surface area contributed by atoms with Crippen molar-refractivity contribution in [1.82, 2.24) is 0 Å². The van der Waals surface area contributed by atoms with Crippen molar-refractivity contribution in [2.75, 3.05) is 5.73 Å². The largest absolute Gasteiger partial charge is 0.488 e. The van der Waals surface area contributed by atoms with Gasteiger partial charge in [-0.2, -0.15) is 0 Å². The number of anilines is 1. The Labute approximate surface area is 124 Å². The van der Waals surface area contributed by atoms with Gasteiger partial charge in [0.25, 0.3) is 0 Å². The van der Waals surface area contributed by atoms with Crippen LogP contribution in [-0.4, -0.2) is 5.91 Å². The zero-order valence-corrected chi connectivity index (χ0v) is 12.6. The molecule has 0 heterocycles. The molecule has 0 fully saturated rings. The Hall–Kier alpha value is -2.49. The molecule has 0 radical (unpaired) electrons. The van der Waals surface area contributed by atoms with E-state index in [1.54, 1.807) is 12.1 Å². The van der Waals surface area contributed by atoms with Crippen molar-refractivity contribution in [3.05, 3.63) is 58.1 Å². The molecule has 2 aromatic rings. The van der Waals surface area contributed by atoms with Crippen molar-refractivity contribution >= 4 is 11.6 Å². The van der Waals surface area contributed by atoms with Gasteiger partial charge in [-0.3, -0.25) is 4.79 Å². The van der Waals surface area contributed by atoms with E-state index in [0.717, 1.165) is 33.7 Å². The summed E-state index contributed by atoms with van der Waals surface area (Å²) >= 11 is 0. The Morgan fingerprint density at radius 3 is 2.43 bits per heavy atom. The molecule has 21 heavy (non-hydrogen) atoms. The predicted octanol–water partition coefficient (Wildman–Crippen LogP) is 2.87. The minimum atomic E-state index is -0.423. The molecular formula is C17H20N2O2. The summed E-state index contributed by atoms with van der Waals surface area (Å²) in [5.41, 5.74) is 16.4. The fourth-order valence-electron chi connectivity index (χ4n) is 2.23. The highest BCUT2D eigenvalue weighted by molar-refractivity contribution is 5.93. The van der Waals surface area contributed by atoms with Crippen molar-refractivity contribution in [3.8, 4) is 5.75 Å². The van der Waals surface area contributed by atoms with Crippen LogP contribution in [0, 0.1) is 20.8 Å². The lowest BCUT2D eigenvalue weighted by Crippen LogP contribution is -2.11. The second kappa shape index (κ2) is 5.87. The molecule has 0 unspecified atom stereocenters. The van der Waals surface area contributed by atoms with Gasteiger partial charge in [-0.15, -0.1) is 0 Å². The first-order valence-corrected chi connectivity index (χ1v) is 6.78. The first-order chi connectivity index (χ1) is 9.90. The number of nitrogens with two attached hydrogens (primary N) is 2. The van der Waals surface area contributed by atoms with Gasteiger partial charge in [-0.05, 0) is 55.7 Å². The lowest BCUT2D eigenvalue weighted by Gasteiger charge is -2.15. The maximum atomic E-state index is 11.1. The van der Waals surface area contributed by atoms with E-state index in [1.807, 2.05) is 39.0 Å². The van der Waals surface area contributed by atoms with Gasteiger partial charge in [-0.1, -0.05) is 12.1 Å². The number of nitrogen functional groups attached to an aromatic ring is 1. The second-order valence-electron chi connectivity index (χ2n) is 5.22. The predicted molar refractivity (Wildman–Crippen MR) is 84.4 cm³/mol. The van der Waals surface area contributed by atoms with Crippen LogP contribution in [0.2, 0.25) is 0 Å². The van der Waals surface area contributed by atoms with Crippen molar-refractivity contribution in [2.45, 2.75) is 27.4 Å². The van der Waals surface area contributed by atoms with Crippen LogP contribution in [0.5, 0.6) is 5.75 Å². The molecule has 4 heteroatoms. The minimum absolute atomic E-state index is 0.423. The number of hydrogen-bond donors (Lipinski definition) is 2. The molecular weight excluding hydrogens is 264 g/mol. The Bertz CT molecular complexity index is 693. The molecule has 0 aliphatic rings. The average Bonchev–Trinajstić information content (AvgIpc) is 2.44. The van der Waals surface area contributed by atoms with Gasteiger partial charge in [0.2, 0.25) is 5.91 Å². The van der Waals surface area contributed by atoms with E-state index in [2.05, 4.69) is 0 Å². The topological polar surface area (TPSA) is 78.3 Å². The highest BCUT2D eigenvalue weighted by Crippen LogP contribution is 2.28. The van der Waals surface area contributed by atoms with E-state index >= 15 is 0 Å². The van der Waals surface area contributed by atoms with Gasteiger partial charge < -0.3 is 16.2 Å². The SMILES string of the molecule is Cc1cc(C(N)=O)ccc1COc1c(C)ccc(N)c1C. The van der Waals surface area contributed by atoms with Crippen LogP contribution in [0.4, 0.5) is 5.69 Å². The highest BCUT2D eigenvalue weighted by atomic mass is 16.5. The molecule has 4 nitrogen and oxygen atoms in total. The highest BCUT2D eigenvalue weighted by Gasteiger charge is 2.09. The molecule has 0 saturated carbocycles. The molecule has 110 valence electrons. The molecule has 0 aliphatic carbocycles. The summed E-state index contributed by atoms with van der Waals surface area (Å²) in [7, 11) is 0. The molecule has 0 atom stereocenters. The van der Waals surface area contributed by atoms with Gasteiger partial charge in [0, 0.05) is 16.8 Å². The van der Waals surface area contributed by atoms with Crippen LogP contribution in [-0.2, 0) is 6.61 Å². The summed E-state index contributed by atoms with van der Waals surface area (Å²) in [5, 5.41) is 0. The Kier molecular flexibility index (Phi) is 4.17. The fourth-order valence-corrected chi connectivity index (χ4v) is 2.23. The van der Waals surface area contributed by atoms with Crippen molar-refractivity contribution in [2.24, 2.45) is 5.73 Å². The number of benzene rings is 2. The van der Waals surface area contributed by atoms with E-state index in [1.165, 1.54) is 0 Å². The van der Waals surface area contributed by atoms with E-state index in [9.17, 15) is 4.79 Å². The van der Waals surface area contributed by atoms with Crippen molar-refractivity contribution in [1.29, 1.82) is 0 Å². The Balaban J connectivity index is 2.21. The maximum absolute atomic E-state index is 11.1. The summed E-state index contributed by atoms with van der Waals surface area (Å²) in [6.45, 7) is 6.30. The average molecular weight is 284 g/mol. The number of aryl methyl sites for hydroxylation is 2. The van der Waals surface area contributed by atoms with E-state index in [-0.39, 0.29) is 0 Å². The maximum Gasteiger partial charge on any atom is 0.248 e. The molecule has 2 rings (SSSR count). The summed E-state index contributed by atoms with van der Waals surface area (Å²) < 4.78 is 5.92. The van der Waals surface area contributed by atoms with E-state index in [4.69, 9.17) is 16.2 Å². The molecule has 2 aromatic carbocycles. The number of amides is 1. The third-order valence-corrected chi connectivity index (χ3v) is 3.64. The number of hydrogen-bond acceptors (Lipinski definition) is 3. The quantitative estimate of drug-likeness (QED) is 0.847. The monoisotopic (exact) mass is 284 g/mol. The number of ether oxygens (including phenoxy) is 1. The molecule has 0 bridgehead atoms. The van der Waals surface area contributed by atoms with Gasteiger partial charge in [0.15, 0.2) is 0 Å². The summed E-state index contributed by atoms with van der Waals surface area (Å²) in [4.78, 5) is 11.1. The molecule has 0 saturated heterocycles. The third-order valence-electron chi connectivity index (χ3n) is 3.64. The molecule has 0 aliphatic heterocycles. The van der Waals surface area contributed by atoms with Crippen LogP contribution in [0.1, 0.15) is 32.6 Å². The summed E-state index contributed by atoms with van der Waals surface area (Å²) in [6, 6.07) is 9.19. The Morgan fingerprint density at radius 1 is 1.10 bits per heavy atom. The third kappa shape index (κ3) is 3.16. The van der Waals surface area contributed by atoms with Gasteiger partial charge >= 0.3 is 0 Å². The summed E-state index contributed by atoms with van der Waals surface area (Å²) in [5.74, 6) is 0.390. The number of carbonyl (C=O) groups excluding carboxylic acids is 1. The zero-order chi connectivity index (χ0) is 15.6. The molecule has 4 N–H and O–H groups in total. The summed E-state index contributed by atoms with van der Waals surface area (Å²) in [6.07, 6.45) is 0. The zero-order valence-electron chi connectivity index (χ0n) is 12.6. The fraction of sp³-hybridized carbons (Fsp3) is 0.235. The molecule has 0 aromatic heterocycles. The van der Waals surface area contributed by atoms with Gasteiger partial charge in [0.05, 0.1) is 0 Å². The normalized spacial score (nSPS) is 10.4. The minimum Gasteiger partial charge on any atom is -0.488 e. The van der Waals surface area contributed by atoms with Crippen LogP contribution in [0.15, 0.2) is 30.3 Å². The van der Waals surface area contributed by atoms with E-state index < -0.39 is 5.91 Å². The van der Waals surface area contributed by atoms with Crippen LogP contribution in [0.3, 0.4) is 0 Å². The second-order valence-corrected chi connectivity index (χ2v) is 5.22. The smallest absolute Gasteiger partial charge is 0.248 e. The van der Waals surface area contributed by atoms with Crippen LogP contribution < -0.4 is 16.2 Å². The lowest BCUT2D eigenvalue weighted by molar-refractivity contribution is 0.1000. The van der Waals surface area contributed by atoms with Crippen molar-refractivity contribution < 1.29 is 9.53 Å². The van der Waals surface area contributed by atoms with E-state index in [0.29, 0.717) is 12.2 Å². The standard InChI is InChI=1S/C17H20N2O2/c1-10-4-7-15(18)12(3)16(10)21-9-14-6-5-13(17(19)20)8-11(14)2/h4-8H,9,18H2,1-3H3,(H2,19,20). The van der Waals surface area contributed by atoms with Gasteiger partial charge in [0.1, 0.15) is 12.4 Å². The molecule has 0 spiro atoms. The lowest BCUT2D eigenvalue weighted by atomic mass is 10.1. The van der Waals surface area contributed by atoms with Crippen molar-refractivity contribution in [3.63, 3.8) is 0 Å². The first-order valence-electron chi connectivity index (χ1n) is 6.78. The number of rotatable bonds is 4. The first kappa shape index (κ1) is 14.9. The van der Waals surface area contributed by atoms with Crippen LogP contribution >= 0.6 is 0 Å². The number of carbonyl (C=O) groups is 1. The molecule has 1 amide bonds. The van der Waals surface area contributed by atoms with Crippen LogP contribution in [0.25, 0.3) is 0 Å². The Morgan fingerprint density at radius 2 is 1.81 bits per heavy atom. The number of primary amides is 1.